The number of hydrogen-bond acceptors (Lipinski definition) is 3. The highest BCUT2D eigenvalue weighted by atomic mass is 19.1. The highest BCUT2D eigenvalue weighted by Crippen LogP contribution is 2.25. The van der Waals surface area contributed by atoms with Gasteiger partial charge >= 0.3 is 0 Å². The van der Waals surface area contributed by atoms with Crippen LogP contribution in [-0.4, -0.2) is 34.3 Å². The number of aliphatic hydroxyl groups is 1. The number of nitrogens with one attached hydrogen (secondary N) is 2. The second kappa shape index (κ2) is 13.0. The summed E-state index contributed by atoms with van der Waals surface area (Å²) >= 11 is 0. The molecule has 3 rings (SSSR count). The fourth-order valence-corrected chi connectivity index (χ4v) is 4.77. The van der Waals surface area contributed by atoms with Crippen molar-refractivity contribution in [3.8, 4) is 0 Å². The molecule has 0 saturated carbocycles. The summed E-state index contributed by atoms with van der Waals surface area (Å²) in [6, 6.07) is 9.24. The van der Waals surface area contributed by atoms with E-state index in [0.717, 1.165) is 31.9 Å². The summed E-state index contributed by atoms with van der Waals surface area (Å²) in [4.78, 5) is 11.8. The Bertz CT molecular complexity index is 1140. The highest BCUT2D eigenvalue weighted by molar-refractivity contribution is 5.84. The van der Waals surface area contributed by atoms with Crippen LogP contribution in [0.15, 0.2) is 42.6 Å². The van der Waals surface area contributed by atoms with Crippen LogP contribution < -0.4 is 10.6 Å². The number of hydrogen-bond donors (Lipinski definition) is 3. The molecule has 7 heteroatoms. The average molecular weight is 500 g/mol. The molecule has 0 aliphatic rings. The molecule has 0 aliphatic heterocycles. The molecule has 36 heavy (non-hydrogen) atoms. The second-order valence-corrected chi connectivity index (χ2v) is 10.1. The molecule has 1 heterocycles. The van der Waals surface area contributed by atoms with Gasteiger partial charge in [-0.3, -0.25) is 4.79 Å². The molecular weight excluding hydrogens is 460 g/mol. The van der Waals surface area contributed by atoms with Crippen LogP contribution in [0.1, 0.15) is 57.2 Å². The Kier molecular flexibility index (Phi) is 10.0. The number of fused-ring (bicyclic) bond motifs is 1. The van der Waals surface area contributed by atoms with Gasteiger partial charge in [-0.2, -0.15) is 0 Å². The van der Waals surface area contributed by atoms with Gasteiger partial charge in [-0.1, -0.05) is 33.3 Å². The van der Waals surface area contributed by atoms with Crippen LogP contribution in [0.4, 0.5) is 8.78 Å². The van der Waals surface area contributed by atoms with E-state index in [-0.39, 0.29) is 18.9 Å². The van der Waals surface area contributed by atoms with Crippen molar-refractivity contribution in [1.82, 2.24) is 15.2 Å². The highest BCUT2D eigenvalue weighted by Gasteiger charge is 2.21. The number of carbonyl (C=O) groups excluding carboxylic acids is 1. The van der Waals surface area contributed by atoms with Crippen LogP contribution >= 0.6 is 0 Å². The van der Waals surface area contributed by atoms with Crippen molar-refractivity contribution in [1.29, 1.82) is 0 Å². The van der Waals surface area contributed by atoms with Gasteiger partial charge in [0.1, 0.15) is 11.6 Å². The number of nitrogens with zero attached hydrogens (tertiary/aromatic N) is 1. The molecule has 0 aliphatic carbocycles. The van der Waals surface area contributed by atoms with E-state index in [9.17, 15) is 18.7 Å². The number of unbranched alkanes of at least 4 members (excludes halogenated alkanes) is 1. The van der Waals surface area contributed by atoms with Crippen molar-refractivity contribution in [3.63, 3.8) is 0 Å². The summed E-state index contributed by atoms with van der Waals surface area (Å²) in [5.41, 5.74) is 4.03. The van der Waals surface area contributed by atoms with Crippen LogP contribution in [0, 0.1) is 17.6 Å². The van der Waals surface area contributed by atoms with E-state index in [4.69, 9.17) is 0 Å². The van der Waals surface area contributed by atoms with E-state index in [1.165, 1.54) is 41.1 Å². The monoisotopic (exact) mass is 499 g/mol. The Morgan fingerprint density at radius 2 is 1.75 bits per heavy atom. The molecule has 0 saturated heterocycles. The molecule has 0 fully saturated rings. The van der Waals surface area contributed by atoms with E-state index in [1.54, 1.807) is 0 Å². The molecule has 0 bridgehead atoms. The number of carbonyl (C=O) groups is 1. The van der Waals surface area contributed by atoms with Crippen LogP contribution in [0.3, 0.4) is 0 Å². The van der Waals surface area contributed by atoms with E-state index < -0.39 is 23.8 Å². The van der Waals surface area contributed by atoms with Gasteiger partial charge in [-0.25, -0.2) is 8.78 Å². The lowest BCUT2D eigenvalue weighted by molar-refractivity contribution is -0.120. The third kappa shape index (κ3) is 7.87. The number of rotatable bonds is 13. The summed E-state index contributed by atoms with van der Waals surface area (Å²) in [5, 5.41) is 18.2. The largest absolute Gasteiger partial charge is 0.390 e. The number of aliphatic hydroxyl groups excluding tert-OH is 1. The maximum atomic E-state index is 13.7. The fraction of sp³-hybridized carbons (Fsp3) is 0.483. The first kappa shape index (κ1) is 27.8. The molecular formula is C29H39F2N3O2. The fourth-order valence-electron chi connectivity index (χ4n) is 4.77. The molecule has 196 valence electrons. The number of amides is 1. The van der Waals surface area contributed by atoms with Gasteiger partial charge in [0.05, 0.1) is 17.7 Å². The van der Waals surface area contributed by atoms with E-state index >= 15 is 0 Å². The molecule has 2 atom stereocenters. The first-order valence-corrected chi connectivity index (χ1v) is 12.9. The van der Waals surface area contributed by atoms with Crippen molar-refractivity contribution in [2.45, 2.75) is 78.6 Å². The Hall–Kier alpha value is -2.77. The summed E-state index contributed by atoms with van der Waals surface area (Å²) in [7, 11) is 0. The lowest BCUT2D eigenvalue weighted by Gasteiger charge is -2.24. The first-order chi connectivity index (χ1) is 17.2. The first-order valence-electron chi connectivity index (χ1n) is 12.9. The molecule has 0 unspecified atom stereocenters. The Labute approximate surface area is 212 Å². The molecule has 2 aromatic carbocycles. The molecule has 0 spiro atoms. The molecule has 1 aromatic heterocycles. The van der Waals surface area contributed by atoms with E-state index in [1.807, 2.05) is 0 Å². The minimum atomic E-state index is -0.943. The minimum Gasteiger partial charge on any atom is -0.390 e. The standard InChI is InChI=1S/C29H39F2N3O2/c1-5-6-8-34-9-7-23-11-21(10-19(2)3)12-24(29(23)34)17-32-18-28(36)27(33-20(4)35)15-22-13-25(30)16-26(31)14-22/h7,9,11-14,16,19,27-28,32,36H,5-6,8,10,15,17-18H2,1-4H3,(H,33,35)/t27-,28+/m0/s1. The van der Waals surface area contributed by atoms with Gasteiger partial charge in [0, 0.05) is 44.2 Å². The van der Waals surface area contributed by atoms with Crippen LogP contribution in [0.25, 0.3) is 10.9 Å². The van der Waals surface area contributed by atoms with Gasteiger partial charge in [0.25, 0.3) is 0 Å². The van der Waals surface area contributed by atoms with Gasteiger partial charge in [-0.15, -0.1) is 0 Å². The summed E-state index contributed by atoms with van der Waals surface area (Å²) in [5.74, 6) is -1.14. The number of benzene rings is 2. The van der Waals surface area contributed by atoms with Crippen LogP contribution in [-0.2, 0) is 30.7 Å². The van der Waals surface area contributed by atoms with Gasteiger partial charge in [-0.05, 0) is 66.1 Å². The minimum absolute atomic E-state index is 0.116. The third-order valence-corrected chi connectivity index (χ3v) is 6.30. The summed E-state index contributed by atoms with van der Waals surface area (Å²) in [6.45, 7) is 9.68. The molecule has 5 nitrogen and oxygen atoms in total. The maximum Gasteiger partial charge on any atom is 0.217 e. The Balaban J connectivity index is 1.75. The number of aromatic nitrogens is 1. The van der Waals surface area contributed by atoms with Gasteiger partial charge in [0.15, 0.2) is 0 Å². The molecule has 1 amide bonds. The third-order valence-electron chi connectivity index (χ3n) is 6.30. The van der Waals surface area contributed by atoms with Crippen molar-refractivity contribution >= 4 is 16.8 Å². The SMILES string of the molecule is CCCCn1ccc2cc(CC(C)C)cc(CNC[C@@H](O)[C@H](Cc3cc(F)cc(F)c3)NC(C)=O)c21. The van der Waals surface area contributed by atoms with Crippen molar-refractivity contribution in [2.24, 2.45) is 5.92 Å². The van der Waals surface area contributed by atoms with Crippen molar-refractivity contribution in [3.05, 3.63) is 70.9 Å². The van der Waals surface area contributed by atoms with Gasteiger partial charge < -0.3 is 20.3 Å². The van der Waals surface area contributed by atoms with Crippen molar-refractivity contribution < 1.29 is 18.7 Å². The summed E-state index contributed by atoms with van der Waals surface area (Å²) < 4.78 is 29.6. The number of aryl methyl sites for hydroxylation is 1. The molecule has 3 N–H and O–H groups in total. The predicted octanol–water partition coefficient (Wildman–Crippen LogP) is 5.12. The Morgan fingerprint density at radius 3 is 2.39 bits per heavy atom. The van der Waals surface area contributed by atoms with Crippen LogP contribution in [0.5, 0.6) is 0 Å². The topological polar surface area (TPSA) is 66.3 Å². The molecule has 3 aromatic rings. The zero-order valence-electron chi connectivity index (χ0n) is 21.8. The van der Waals surface area contributed by atoms with E-state index in [0.29, 0.717) is 18.0 Å². The lowest BCUT2D eigenvalue weighted by Crippen LogP contribution is -2.48. The number of halogens is 2. The maximum absolute atomic E-state index is 13.7. The van der Waals surface area contributed by atoms with Gasteiger partial charge in [0.2, 0.25) is 5.91 Å². The van der Waals surface area contributed by atoms with Crippen LogP contribution in [0.2, 0.25) is 0 Å². The second-order valence-electron chi connectivity index (χ2n) is 10.1. The normalized spacial score (nSPS) is 13.3. The Morgan fingerprint density at radius 1 is 1.06 bits per heavy atom. The quantitative estimate of drug-likeness (QED) is 0.306. The van der Waals surface area contributed by atoms with E-state index in [2.05, 4.69) is 60.4 Å². The van der Waals surface area contributed by atoms with Crippen molar-refractivity contribution in [2.75, 3.05) is 6.54 Å². The smallest absolute Gasteiger partial charge is 0.217 e. The average Bonchev–Trinajstić information content (AvgIpc) is 3.18. The zero-order chi connectivity index (χ0) is 26.2. The zero-order valence-corrected chi connectivity index (χ0v) is 21.8. The summed E-state index contributed by atoms with van der Waals surface area (Å²) in [6.07, 6.45) is 4.52. The lowest BCUT2D eigenvalue weighted by atomic mass is 9.98. The predicted molar refractivity (Wildman–Crippen MR) is 141 cm³/mol. The molecule has 0 radical (unpaired) electrons.